The zero-order valence-corrected chi connectivity index (χ0v) is 20.9. The maximum absolute atomic E-state index is 13.0. The Morgan fingerprint density at radius 2 is 1.74 bits per heavy atom. The summed E-state index contributed by atoms with van der Waals surface area (Å²) in [7, 11) is 3.89. The number of aliphatic imine (C=N–C) groups is 1. The van der Waals surface area contributed by atoms with Crippen molar-refractivity contribution >= 4 is 29.9 Å². The number of nitrogens with zero attached hydrogens (tertiary/aromatic N) is 3. The quantitative estimate of drug-likeness (QED) is 0.305. The predicted molar refractivity (Wildman–Crippen MR) is 137 cm³/mol. The predicted octanol–water partition coefficient (Wildman–Crippen LogP) is 3.71. The Balaban J connectivity index is 0.00000341. The van der Waals surface area contributed by atoms with E-state index in [4.69, 9.17) is 0 Å². The van der Waals surface area contributed by atoms with Crippen LogP contribution in [-0.4, -0.2) is 62.1 Å². The van der Waals surface area contributed by atoms with E-state index in [9.17, 15) is 4.39 Å². The molecule has 0 atom stereocenters. The smallest absolute Gasteiger partial charge is 0.191 e. The molecule has 1 aliphatic rings. The monoisotopic (exact) mass is 539 g/mol. The van der Waals surface area contributed by atoms with Crippen molar-refractivity contribution in [2.24, 2.45) is 4.99 Å². The Hall–Kier alpha value is -1.71. The Labute approximate surface area is 203 Å². The summed E-state index contributed by atoms with van der Waals surface area (Å²) in [5, 5.41) is 6.99. The van der Waals surface area contributed by atoms with Crippen LogP contribution in [0.5, 0.6) is 0 Å². The van der Waals surface area contributed by atoms with E-state index in [1.54, 1.807) is 0 Å². The number of guanidine groups is 1. The lowest BCUT2D eigenvalue weighted by Gasteiger charge is -2.33. The third-order valence-corrected chi connectivity index (χ3v) is 5.55. The molecule has 0 unspecified atom stereocenters. The van der Waals surface area contributed by atoms with Crippen LogP contribution in [0.1, 0.15) is 24.0 Å². The van der Waals surface area contributed by atoms with Crippen LogP contribution < -0.4 is 10.6 Å². The summed E-state index contributed by atoms with van der Waals surface area (Å²) in [4.78, 5) is 9.12. The Bertz CT molecular complexity index is 776. The molecule has 5 nitrogen and oxygen atoms in total. The lowest BCUT2D eigenvalue weighted by Crippen LogP contribution is -2.49. The van der Waals surface area contributed by atoms with Crippen molar-refractivity contribution in [2.45, 2.75) is 32.0 Å². The molecule has 3 rings (SSSR count). The average molecular weight is 539 g/mol. The van der Waals surface area contributed by atoms with Crippen molar-refractivity contribution < 1.29 is 4.39 Å². The van der Waals surface area contributed by atoms with Gasteiger partial charge in [-0.05, 0) is 43.1 Å². The Morgan fingerprint density at radius 1 is 1.06 bits per heavy atom. The van der Waals surface area contributed by atoms with Gasteiger partial charge in [0.1, 0.15) is 5.82 Å². The second-order valence-electron chi connectivity index (χ2n) is 8.04. The molecule has 0 aromatic heterocycles. The molecule has 2 aromatic carbocycles. The molecule has 0 bridgehead atoms. The van der Waals surface area contributed by atoms with Crippen LogP contribution in [0.3, 0.4) is 0 Å². The van der Waals surface area contributed by atoms with Gasteiger partial charge < -0.3 is 15.5 Å². The van der Waals surface area contributed by atoms with E-state index in [0.29, 0.717) is 6.04 Å². The number of piperidine rings is 1. The number of hydrogen-bond donors (Lipinski definition) is 2. The molecule has 2 aromatic rings. The molecule has 0 amide bonds. The van der Waals surface area contributed by atoms with E-state index in [0.717, 1.165) is 63.6 Å². The van der Waals surface area contributed by atoms with E-state index >= 15 is 0 Å². The van der Waals surface area contributed by atoms with E-state index in [1.165, 1.54) is 17.7 Å². The standard InChI is InChI=1S/C24H34FN5.HI/c1-26-24(27-14-17-29(2)18-21-8-10-22(25)11-9-21)28-23-12-15-30(16-13-23)19-20-6-4-3-5-7-20;/h3-11,23H,12-19H2,1-2H3,(H2,26,27,28);1H. The van der Waals surface area contributed by atoms with Gasteiger partial charge in [-0.3, -0.25) is 9.89 Å². The first kappa shape index (κ1) is 25.5. The lowest BCUT2D eigenvalue weighted by molar-refractivity contribution is 0.198. The van der Waals surface area contributed by atoms with Gasteiger partial charge in [-0.15, -0.1) is 24.0 Å². The van der Waals surface area contributed by atoms with Crippen molar-refractivity contribution in [1.82, 2.24) is 20.4 Å². The second-order valence-corrected chi connectivity index (χ2v) is 8.04. The van der Waals surface area contributed by atoms with Gasteiger partial charge in [0.2, 0.25) is 0 Å². The number of nitrogens with one attached hydrogen (secondary N) is 2. The van der Waals surface area contributed by atoms with Crippen LogP contribution >= 0.6 is 24.0 Å². The molecule has 31 heavy (non-hydrogen) atoms. The highest BCUT2D eigenvalue weighted by atomic mass is 127. The Morgan fingerprint density at radius 3 is 2.39 bits per heavy atom. The van der Waals surface area contributed by atoms with Crippen LogP contribution in [-0.2, 0) is 13.1 Å². The molecule has 1 fully saturated rings. The molecule has 7 heteroatoms. The van der Waals surface area contributed by atoms with Crippen LogP contribution in [0, 0.1) is 5.82 Å². The first-order valence-corrected chi connectivity index (χ1v) is 10.8. The molecule has 0 saturated carbocycles. The highest BCUT2D eigenvalue weighted by Gasteiger charge is 2.20. The normalized spacial score (nSPS) is 15.5. The van der Waals surface area contributed by atoms with Crippen LogP contribution in [0.4, 0.5) is 4.39 Å². The fraction of sp³-hybridized carbons (Fsp3) is 0.458. The molecular formula is C24H35FIN5. The van der Waals surface area contributed by atoms with Gasteiger partial charge in [0.25, 0.3) is 0 Å². The van der Waals surface area contributed by atoms with E-state index in [-0.39, 0.29) is 29.8 Å². The van der Waals surface area contributed by atoms with E-state index in [1.807, 2.05) is 19.2 Å². The summed E-state index contributed by atoms with van der Waals surface area (Å²) in [6.45, 7) is 5.72. The van der Waals surface area contributed by atoms with Gasteiger partial charge in [0.15, 0.2) is 5.96 Å². The fourth-order valence-electron chi connectivity index (χ4n) is 3.81. The van der Waals surface area contributed by atoms with Crippen LogP contribution in [0.2, 0.25) is 0 Å². The number of likely N-dealkylation sites (tertiary alicyclic amines) is 1. The summed E-state index contributed by atoms with van der Waals surface area (Å²) in [5.41, 5.74) is 2.50. The molecule has 0 aliphatic carbocycles. The highest BCUT2D eigenvalue weighted by molar-refractivity contribution is 14.0. The topological polar surface area (TPSA) is 42.9 Å². The van der Waals surface area contributed by atoms with Gasteiger partial charge >= 0.3 is 0 Å². The van der Waals surface area contributed by atoms with Crippen molar-refractivity contribution in [1.29, 1.82) is 0 Å². The number of benzene rings is 2. The molecule has 0 radical (unpaired) electrons. The third-order valence-electron chi connectivity index (χ3n) is 5.55. The lowest BCUT2D eigenvalue weighted by atomic mass is 10.0. The summed E-state index contributed by atoms with van der Waals surface area (Å²) >= 11 is 0. The summed E-state index contributed by atoms with van der Waals surface area (Å²) in [6.07, 6.45) is 2.25. The first-order valence-electron chi connectivity index (χ1n) is 10.8. The molecule has 1 heterocycles. The third kappa shape index (κ3) is 9.13. The number of hydrogen-bond acceptors (Lipinski definition) is 3. The molecular weight excluding hydrogens is 504 g/mol. The highest BCUT2D eigenvalue weighted by Crippen LogP contribution is 2.13. The van der Waals surface area contributed by atoms with Crippen molar-refractivity contribution in [3.8, 4) is 0 Å². The minimum atomic E-state index is -0.191. The van der Waals surface area contributed by atoms with Gasteiger partial charge in [0, 0.05) is 52.4 Å². The molecule has 2 N–H and O–H groups in total. The van der Waals surface area contributed by atoms with Crippen LogP contribution in [0.15, 0.2) is 59.6 Å². The average Bonchev–Trinajstić information content (AvgIpc) is 2.76. The summed E-state index contributed by atoms with van der Waals surface area (Å²) in [5.74, 6) is 0.676. The van der Waals surface area contributed by atoms with E-state index < -0.39 is 0 Å². The molecule has 1 aliphatic heterocycles. The number of rotatable bonds is 8. The fourth-order valence-corrected chi connectivity index (χ4v) is 3.81. The number of likely N-dealkylation sites (N-methyl/N-ethyl adjacent to an activating group) is 1. The minimum absolute atomic E-state index is 0. The van der Waals surface area contributed by atoms with Gasteiger partial charge in [-0.1, -0.05) is 42.5 Å². The SMILES string of the molecule is CN=C(NCCN(C)Cc1ccc(F)cc1)NC1CCN(Cc2ccccc2)CC1.I. The van der Waals surface area contributed by atoms with E-state index in [2.05, 4.69) is 62.8 Å². The minimum Gasteiger partial charge on any atom is -0.355 e. The first-order chi connectivity index (χ1) is 14.6. The maximum atomic E-state index is 13.0. The van der Waals surface area contributed by atoms with Gasteiger partial charge in [0.05, 0.1) is 0 Å². The van der Waals surface area contributed by atoms with Crippen molar-refractivity contribution in [2.75, 3.05) is 40.3 Å². The molecule has 170 valence electrons. The largest absolute Gasteiger partial charge is 0.355 e. The van der Waals surface area contributed by atoms with Crippen LogP contribution in [0.25, 0.3) is 0 Å². The zero-order chi connectivity index (χ0) is 21.2. The maximum Gasteiger partial charge on any atom is 0.191 e. The molecule has 1 saturated heterocycles. The van der Waals surface area contributed by atoms with Crippen molar-refractivity contribution in [3.05, 3.63) is 71.5 Å². The summed E-state index contributed by atoms with van der Waals surface area (Å²) < 4.78 is 13.0. The second kappa shape index (κ2) is 13.6. The molecule has 0 spiro atoms. The summed E-state index contributed by atoms with van der Waals surface area (Å²) in [6, 6.07) is 17.8. The van der Waals surface area contributed by atoms with Gasteiger partial charge in [-0.2, -0.15) is 0 Å². The number of halogens is 2. The van der Waals surface area contributed by atoms with Gasteiger partial charge in [-0.25, -0.2) is 4.39 Å². The van der Waals surface area contributed by atoms with Crippen molar-refractivity contribution in [3.63, 3.8) is 0 Å². The zero-order valence-electron chi connectivity index (χ0n) is 18.6. The Kier molecular flexibility index (Phi) is 11.2.